The van der Waals surface area contributed by atoms with Crippen LogP contribution in [-0.4, -0.2) is 20.9 Å². The van der Waals surface area contributed by atoms with E-state index in [1.165, 1.54) is 37.7 Å². The van der Waals surface area contributed by atoms with Crippen molar-refractivity contribution in [1.29, 1.82) is 0 Å². The Morgan fingerprint density at radius 2 is 1.61 bits per heavy atom. The summed E-state index contributed by atoms with van der Waals surface area (Å²) >= 11 is 0. The molecule has 178 valence electrons. The maximum Gasteiger partial charge on any atom is 0.261 e. The Balaban J connectivity index is 1.39. The summed E-state index contributed by atoms with van der Waals surface area (Å²) in [5.74, 6) is 1.18. The molecule has 0 aliphatic heterocycles. The van der Waals surface area contributed by atoms with Crippen LogP contribution in [0.25, 0.3) is 0 Å². The number of sulfonamides is 1. The lowest BCUT2D eigenvalue weighted by Crippen LogP contribution is -2.35. The van der Waals surface area contributed by atoms with Crippen LogP contribution in [0.4, 0.5) is 5.69 Å². The van der Waals surface area contributed by atoms with Crippen molar-refractivity contribution in [3.05, 3.63) is 59.7 Å². The van der Waals surface area contributed by atoms with Crippen LogP contribution in [0.15, 0.2) is 53.4 Å². The number of anilines is 1. The first-order chi connectivity index (χ1) is 15.8. The molecule has 0 aromatic heterocycles. The number of benzene rings is 2. The molecule has 1 amide bonds. The molecule has 2 aromatic carbocycles. The largest absolute Gasteiger partial charge is 0.355 e. The molecule has 0 bridgehead atoms. The smallest absolute Gasteiger partial charge is 0.261 e. The lowest BCUT2D eigenvalue weighted by atomic mass is 9.84. The van der Waals surface area contributed by atoms with E-state index in [1.54, 1.807) is 24.3 Å². The van der Waals surface area contributed by atoms with Gasteiger partial charge in [0.1, 0.15) is 0 Å². The van der Waals surface area contributed by atoms with Gasteiger partial charge in [-0.25, -0.2) is 8.42 Å². The first kappa shape index (κ1) is 23.8. The van der Waals surface area contributed by atoms with Gasteiger partial charge in [-0.1, -0.05) is 57.4 Å². The van der Waals surface area contributed by atoms with Crippen LogP contribution in [0.5, 0.6) is 0 Å². The number of rotatable bonds is 9. The van der Waals surface area contributed by atoms with Gasteiger partial charge in [-0.3, -0.25) is 9.52 Å². The number of nitrogens with one attached hydrogen (secondary N) is 2. The lowest BCUT2D eigenvalue weighted by Gasteiger charge is -2.22. The summed E-state index contributed by atoms with van der Waals surface area (Å²) < 4.78 is 28.5. The third kappa shape index (κ3) is 5.60. The maximum absolute atomic E-state index is 12.9. The Hall–Kier alpha value is -2.34. The van der Waals surface area contributed by atoms with Crippen LogP contribution < -0.4 is 10.0 Å². The summed E-state index contributed by atoms with van der Waals surface area (Å²) in [4.78, 5) is 13.0. The molecule has 5 nitrogen and oxygen atoms in total. The van der Waals surface area contributed by atoms with E-state index in [2.05, 4.69) is 23.9 Å². The van der Waals surface area contributed by atoms with Gasteiger partial charge in [0.05, 0.1) is 10.3 Å². The van der Waals surface area contributed by atoms with E-state index in [1.807, 2.05) is 24.3 Å². The van der Waals surface area contributed by atoms with Crippen molar-refractivity contribution in [2.24, 2.45) is 5.92 Å². The monoisotopic (exact) mass is 468 g/mol. The molecule has 6 heteroatoms. The van der Waals surface area contributed by atoms with Crippen molar-refractivity contribution in [3.8, 4) is 0 Å². The van der Waals surface area contributed by atoms with E-state index < -0.39 is 15.4 Å². The van der Waals surface area contributed by atoms with Crippen LogP contribution in [-0.2, 0) is 20.2 Å². The van der Waals surface area contributed by atoms with Gasteiger partial charge in [0.25, 0.3) is 10.0 Å². The van der Waals surface area contributed by atoms with Gasteiger partial charge in [0, 0.05) is 12.2 Å². The lowest BCUT2D eigenvalue weighted by molar-refractivity contribution is -0.123. The highest BCUT2D eigenvalue weighted by atomic mass is 32.2. The number of hydrogen-bond acceptors (Lipinski definition) is 3. The molecule has 0 spiro atoms. The van der Waals surface area contributed by atoms with Crippen LogP contribution >= 0.6 is 0 Å². The van der Waals surface area contributed by atoms with E-state index in [0.29, 0.717) is 24.1 Å². The van der Waals surface area contributed by atoms with Crippen LogP contribution in [0.1, 0.15) is 82.3 Å². The molecule has 0 unspecified atom stereocenters. The van der Waals surface area contributed by atoms with Crippen LogP contribution in [0.3, 0.4) is 0 Å². The zero-order valence-corrected chi connectivity index (χ0v) is 20.6. The van der Waals surface area contributed by atoms with E-state index >= 15 is 0 Å². The van der Waals surface area contributed by atoms with Gasteiger partial charge < -0.3 is 5.32 Å². The molecule has 0 heterocycles. The second-order valence-electron chi connectivity index (χ2n) is 10.1. The highest BCUT2D eigenvalue weighted by molar-refractivity contribution is 7.92. The molecule has 4 rings (SSSR count). The Kier molecular flexibility index (Phi) is 7.13. The fraction of sp³-hybridized carbons (Fsp3) is 0.519. The molecule has 33 heavy (non-hydrogen) atoms. The third-order valence-corrected chi connectivity index (χ3v) is 8.55. The minimum atomic E-state index is -3.66. The molecule has 2 N–H and O–H groups in total. The normalized spacial score (nSPS) is 18.2. The molecule has 0 saturated heterocycles. The summed E-state index contributed by atoms with van der Waals surface area (Å²) in [5.41, 5.74) is 2.23. The maximum atomic E-state index is 12.9. The molecule has 0 radical (unpaired) electrons. The average Bonchev–Trinajstić information content (AvgIpc) is 3.62. The van der Waals surface area contributed by atoms with Crippen molar-refractivity contribution < 1.29 is 13.2 Å². The number of hydrogen-bond donors (Lipinski definition) is 2. The minimum Gasteiger partial charge on any atom is -0.355 e. The van der Waals surface area contributed by atoms with Crippen LogP contribution in [0, 0.1) is 5.92 Å². The highest BCUT2D eigenvalue weighted by Gasteiger charge is 2.51. The summed E-state index contributed by atoms with van der Waals surface area (Å²) in [6.45, 7) is 4.98. The van der Waals surface area contributed by atoms with Gasteiger partial charge in [-0.2, -0.15) is 0 Å². The molecule has 0 atom stereocenters. The molecule has 2 saturated carbocycles. The van der Waals surface area contributed by atoms with Crippen molar-refractivity contribution in [2.45, 2.75) is 81.4 Å². The predicted octanol–water partition coefficient (Wildman–Crippen LogP) is 5.73. The second-order valence-corrected chi connectivity index (χ2v) is 11.8. The average molecular weight is 469 g/mol. The Morgan fingerprint density at radius 3 is 2.18 bits per heavy atom. The van der Waals surface area contributed by atoms with Crippen molar-refractivity contribution in [1.82, 2.24) is 5.32 Å². The number of amides is 1. The number of carbonyl (C=O) groups excluding carboxylic acids is 1. The predicted molar refractivity (Wildman–Crippen MR) is 133 cm³/mol. The summed E-state index contributed by atoms with van der Waals surface area (Å²) in [6, 6.07) is 14.6. The third-order valence-electron chi connectivity index (χ3n) is 7.15. The highest BCUT2D eigenvalue weighted by Crippen LogP contribution is 2.48. The second kappa shape index (κ2) is 9.88. The molecule has 2 aromatic rings. The fourth-order valence-electron chi connectivity index (χ4n) is 4.84. The Labute approximate surface area is 198 Å². The van der Waals surface area contributed by atoms with E-state index in [0.717, 1.165) is 24.8 Å². The summed E-state index contributed by atoms with van der Waals surface area (Å²) in [7, 11) is -3.66. The SMILES string of the molecule is CC(C)CCNC(=O)C1(c2ccc(NS(=O)(=O)c3ccc(C4CCCCC4)cc3)cc2)CC1. The fourth-order valence-corrected chi connectivity index (χ4v) is 5.90. The molecular formula is C27H36N2O3S. The van der Waals surface area contributed by atoms with Crippen LogP contribution in [0.2, 0.25) is 0 Å². The van der Waals surface area contributed by atoms with Gasteiger partial charge in [0.15, 0.2) is 0 Å². The van der Waals surface area contributed by atoms with E-state index in [9.17, 15) is 13.2 Å². The molecular weight excluding hydrogens is 432 g/mol. The number of carbonyl (C=O) groups is 1. The minimum absolute atomic E-state index is 0.0783. The van der Waals surface area contributed by atoms with Gasteiger partial charge in [-0.05, 0) is 79.3 Å². The Morgan fingerprint density at radius 1 is 0.970 bits per heavy atom. The van der Waals surface area contributed by atoms with E-state index in [-0.39, 0.29) is 10.8 Å². The van der Waals surface area contributed by atoms with Gasteiger partial charge in [0.2, 0.25) is 5.91 Å². The summed E-state index contributed by atoms with van der Waals surface area (Å²) in [5, 5.41) is 3.07. The molecule has 2 aliphatic rings. The first-order valence-corrected chi connectivity index (χ1v) is 13.8. The van der Waals surface area contributed by atoms with Crippen molar-refractivity contribution in [3.63, 3.8) is 0 Å². The molecule has 2 fully saturated rings. The van der Waals surface area contributed by atoms with Gasteiger partial charge >= 0.3 is 0 Å². The zero-order chi connectivity index (χ0) is 23.5. The van der Waals surface area contributed by atoms with Gasteiger partial charge in [-0.15, -0.1) is 0 Å². The zero-order valence-electron chi connectivity index (χ0n) is 19.8. The Bertz CT molecular complexity index is 1050. The summed E-state index contributed by atoms with van der Waals surface area (Å²) in [6.07, 6.45) is 8.81. The van der Waals surface area contributed by atoms with Crippen molar-refractivity contribution >= 4 is 21.6 Å². The molecule has 2 aliphatic carbocycles. The van der Waals surface area contributed by atoms with Crippen molar-refractivity contribution in [2.75, 3.05) is 11.3 Å². The quantitative estimate of drug-likeness (QED) is 0.493. The van der Waals surface area contributed by atoms with E-state index in [4.69, 9.17) is 0 Å². The topological polar surface area (TPSA) is 75.3 Å². The first-order valence-electron chi connectivity index (χ1n) is 12.3. The standard InChI is InChI=1S/C27H36N2O3S/c1-20(2)16-19-28-26(30)27(17-18-27)23-10-12-24(13-11-23)29-33(31,32)25-14-8-22(9-15-25)21-6-4-3-5-7-21/h8-15,20-21,29H,3-7,16-19H2,1-2H3,(H,28,30).